The SMILES string of the molecule is Clc1ccc(-c2ccc(Cl)s2)c(CNC2CC2)c1.Clc1ccc(-c2ccccc2CNC2CC2)s1.Clc1ccc(-c2ccsc2)c(CNC2CC2)c1. The van der Waals surface area contributed by atoms with Crippen molar-refractivity contribution >= 4 is 80.4 Å². The van der Waals surface area contributed by atoms with Crippen molar-refractivity contribution < 1.29 is 0 Å². The molecule has 6 aromatic rings. The van der Waals surface area contributed by atoms with E-state index in [1.807, 2.05) is 30.3 Å². The molecule has 10 heteroatoms. The second-order valence-electron chi connectivity index (χ2n) is 13.4. The van der Waals surface area contributed by atoms with Crippen molar-refractivity contribution in [2.75, 3.05) is 0 Å². The third kappa shape index (κ3) is 11.4. The highest BCUT2D eigenvalue weighted by Crippen LogP contribution is 2.36. The van der Waals surface area contributed by atoms with Crippen molar-refractivity contribution in [1.29, 1.82) is 0 Å². The summed E-state index contributed by atoms with van der Waals surface area (Å²) in [5.74, 6) is 0. The molecule has 0 radical (unpaired) electrons. The van der Waals surface area contributed by atoms with Gasteiger partial charge >= 0.3 is 0 Å². The summed E-state index contributed by atoms with van der Waals surface area (Å²) in [4.78, 5) is 2.45. The van der Waals surface area contributed by atoms with Gasteiger partial charge in [-0.3, -0.25) is 0 Å². The summed E-state index contributed by atoms with van der Waals surface area (Å²) in [6.07, 6.45) is 7.87. The number of nitrogens with one attached hydrogen (secondary N) is 3. The molecule has 0 spiro atoms. The van der Waals surface area contributed by atoms with Gasteiger partial charge in [-0.05, 0) is 143 Å². The van der Waals surface area contributed by atoms with Gasteiger partial charge in [-0.25, -0.2) is 0 Å². The van der Waals surface area contributed by atoms with E-state index in [1.54, 1.807) is 34.0 Å². The molecule has 0 amide bonds. The predicted octanol–water partition coefficient (Wildman–Crippen LogP) is 13.6. The molecule has 3 saturated carbocycles. The lowest BCUT2D eigenvalue weighted by Crippen LogP contribution is -2.15. The maximum absolute atomic E-state index is 6.09. The van der Waals surface area contributed by atoms with Crippen LogP contribution >= 0.6 is 80.4 Å². The lowest BCUT2D eigenvalue weighted by Gasteiger charge is -2.10. The molecule has 0 unspecified atom stereocenters. The molecule has 3 aliphatic carbocycles. The Hall–Kier alpha value is -2.20. The van der Waals surface area contributed by atoms with E-state index in [0.29, 0.717) is 6.04 Å². The van der Waals surface area contributed by atoms with Gasteiger partial charge in [0.1, 0.15) is 0 Å². The summed E-state index contributed by atoms with van der Waals surface area (Å²) in [5, 5.41) is 16.5. The quantitative estimate of drug-likeness (QED) is 0.115. The Morgan fingerprint density at radius 1 is 0.500 bits per heavy atom. The summed E-state index contributed by atoms with van der Waals surface area (Å²) >= 11 is 29.2. The Bertz CT molecular complexity index is 2040. The van der Waals surface area contributed by atoms with Crippen molar-refractivity contribution in [1.82, 2.24) is 16.0 Å². The van der Waals surface area contributed by atoms with Gasteiger partial charge in [0.15, 0.2) is 0 Å². The number of hydrogen-bond donors (Lipinski definition) is 3. The molecule has 9 rings (SSSR count). The van der Waals surface area contributed by atoms with E-state index in [-0.39, 0.29) is 0 Å². The van der Waals surface area contributed by atoms with Crippen LogP contribution in [0.25, 0.3) is 32.0 Å². The number of rotatable bonds is 12. The lowest BCUT2D eigenvalue weighted by molar-refractivity contribution is 0.689. The molecule has 3 nitrogen and oxygen atoms in total. The molecule has 270 valence electrons. The van der Waals surface area contributed by atoms with Crippen LogP contribution in [0.2, 0.25) is 18.7 Å². The fraction of sp³-hybridized carbons (Fsp3) is 0.286. The average molecular weight is 826 g/mol. The minimum Gasteiger partial charge on any atom is -0.310 e. The monoisotopic (exact) mass is 823 g/mol. The van der Waals surface area contributed by atoms with Gasteiger partial charge in [-0.15, -0.1) is 22.7 Å². The minimum atomic E-state index is 0.698. The highest BCUT2D eigenvalue weighted by atomic mass is 35.5. The Kier molecular flexibility index (Phi) is 13.5. The second-order valence-corrected chi connectivity index (χ2v) is 18.5. The predicted molar refractivity (Wildman–Crippen MR) is 229 cm³/mol. The van der Waals surface area contributed by atoms with Crippen LogP contribution in [-0.4, -0.2) is 18.1 Å². The number of thiophene rings is 3. The number of benzene rings is 3. The van der Waals surface area contributed by atoms with Crippen molar-refractivity contribution in [3.05, 3.63) is 137 Å². The average Bonchev–Trinajstić information content (AvgIpc) is 4.12. The van der Waals surface area contributed by atoms with Crippen LogP contribution in [0.3, 0.4) is 0 Å². The first kappa shape index (κ1) is 38.1. The van der Waals surface area contributed by atoms with E-state index in [9.17, 15) is 0 Å². The van der Waals surface area contributed by atoms with E-state index < -0.39 is 0 Å². The fourth-order valence-corrected chi connectivity index (χ4v) is 9.07. The van der Waals surface area contributed by atoms with E-state index in [0.717, 1.165) is 50.4 Å². The molecule has 3 heterocycles. The molecule has 3 N–H and O–H groups in total. The normalized spacial score (nSPS) is 15.1. The van der Waals surface area contributed by atoms with Crippen LogP contribution in [0.4, 0.5) is 0 Å². The van der Waals surface area contributed by atoms with Gasteiger partial charge in [0.05, 0.1) is 8.67 Å². The molecular formula is C42H41Cl4N3S3. The largest absolute Gasteiger partial charge is 0.310 e. The summed E-state index contributed by atoms with van der Waals surface area (Å²) in [6, 6.07) is 33.2. The zero-order valence-electron chi connectivity index (χ0n) is 28.6. The van der Waals surface area contributed by atoms with Crippen molar-refractivity contribution in [2.24, 2.45) is 0 Å². The highest BCUT2D eigenvalue weighted by molar-refractivity contribution is 7.19. The summed E-state index contributed by atoms with van der Waals surface area (Å²) in [5.41, 5.74) is 9.01. The minimum absolute atomic E-state index is 0.698. The van der Waals surface area contributed by atoms with Gasteiger partial charge < -0.3 is 16.0 Å². The third-order valence-electron chi connectivity index (χ3n) is 9.14. The van der Waals surface area contributed by atoms with Crippen molar-refractivity contribution in [3.63, 3.8) is 0 Å². The molecule has 0 bridgehead atoms. The molecule has 0 saturated heterocycles. The van der Waals surface area contributed by atoms with E-state index in [1.165, 1.54) is 87.2 Å². The van der Waals surface area contributed by atoms with Gasteiger partial charge in [-0.1, -0.05) is 82.8 Å². The highest BCUT2D eigenvalue weighted by Gasteiger charge is 2.22. The molecule has 3 aromatic heterocycles. The van der Waals surface area contributed by atoms with Gasteiger partial charge in [0.2, 0.25) is 0 Å². The van der Waals surface area contributed by atoms with Crippen LogP contribution in [-0.2, 0) is 19.6 Å². The van der Waals surface area contributed by atoms with Gasteiger partial charge in [0, 0.05) is 57.6 Å². The Morgan fingerprint density at radius 2 is 0.981 bits per heavy atom. The van der Waals surface area contributed by atoms with E-state index >= 15 is 0 Å². The van der Waals surface area contributed by atoms with Crippen molar-refractivity contribution in [3.8, 4) is 32.0 Å². The maximum atomic E-state index is 6.09. The van der Waals surface area contributed by atoms with E-state index in [4.69, 9.17) is 46.4 Å². The molecule has 0 aliphatic heterocycles. The van der Waals surface area contributed by atoms with Crippen LogP contribution in [0.1, 0.15) is 55.2 Å². The van der Waals surface area contributed by atoms with Gasteiger partial charge in [0.25, 0.3) is 0 Å². The first-order chi connectivity index (χ1) is 25.4. The zero-order valence-corrected chi connectivity index (χ0v) is 34.1. The summed E-state index contributed by atoms with van der Waals surface area (Å²) in [6.45, 7) is 2.74. The molecule has 3 aromatic carbocycles. The zero-order chi connectivity index (χ0) is 35.9. The third-order valence-corrected chi connectivity index (χ3v) is 12.8. The number of halogens is 4. The first-order valence-electron chi connectivity index (χ1n) is 17.8. The number of hydrogen-bond acceptors (Lipinski definition) is 6. The van der Waals surface area contributed by atoms with E-state index in [2.05, 4.69) is 87.4 Å². The topological polar surface area (TPSA) is 36.1 Å². The van der Waals surface area contributed by atoms with Crippen molar-refractivity contribution in [2.45, 2.75) is 76.3 Å². The Balaban J connectivity index is 0.000000121. The fourth-order valence-electron chi connectivity index (χ4n) is 5.81. The Labute approximate surface area is 339 Å². The van der Waals surface area contributed by atoms with Crippen LogP contribution in [0.5, 0.6) is 0 Å². The lowest BCUT2D eigenvalue weighted by atomic mass is 10.0. The Morgan fingerprint density at radius 3 is 1.46 bits per heavy atom. The first-order valence-corrected chi connectivity index (χ1v) is 21.9. The smallest absolute Gasteiger partial charge is 0.0934 e. The molecule has 0 atom stereocenters. The van der Waals surface area contributed by atoms with Crippen LogP contribution < -0.4 is 16.0 Å². The molecule has 3 fully saturated rings. The molecule has 52 heavy (non-hydrogen) atoms. The van der Waals surface area contributed by atoms with Crippen LogP contribution in [0, 0.1) is 0 Å². The standard InChI is InChI=1S/C14H13Cl2NS.2C14H14ClNS/c15-10-1-4-12(13-5-6-14(16)18-13)9(7-10)8-17-11-2-3-11;15-12-1-4-14(10-5-6-17-9-10)11(7-12)8-16-13-2-3-13;15-14-8-7-13(17-14)12-4-2-1-3-10(12)9-16-11-5-6-11/h1,4-7,11,17H,2-3,8H2;1,4-7,9,13,16H,2-3,8H2;1-4,7-8,11,16H,5-6,9H2. The van der Waals surface area contributed by atoms with Gasteiger partial charge in [-0.2, -0.15) is 11.3 Å². The second kappa shape index (κ2) is 18.4. The maximum Gasteiger partial charge on any atom is 0.0934 e. The summed E-state index contributed by atoms with van der Waals surface area (Å²) in [7, 11) is 0. The molecular weight excluding hydrogens is 784 g/mol. The van der Waals surface area contributed by atoms with Crippen LogP contribution in [0.15, 0.2) is 102 Å². The summed E-state index contributed by atoms with van der Waals surface area (Å²) < 4.78 is 1.67. The molecule has 3 aliphatic rings.